The predicted molar refractivity (Wildman–Crippen MR) is 117 cm³/mol. The number of rotatable bonds is 6. The number of ether oxygens (including phenoxy) is 1. The van der Waals surface area contributed by atoms with Gasteiger partial charge in [0.2, 0.25) is 5.91 Å². The van der Waals surface area contributed by atoms with E-state index in [9.17, 15) is 9.59 Å². The van der Waals surface area contributed by atoms with Crippen molar-refractivity contribution in [1.82, 2.24) is 9.88 Å². The van der Waals surface area contributed by atoms with Gasteiger partial charge in [0.15, 0.2) is 0 Å². The third kappa shape index (κ3) is 5.08. The molecule has 0 atom stereocenters. The van der Waals surface area contributed by atoms with Crippen molar-refractivity contribution in [2.45, 2.75) is 52.7 Å². The summed E-state index contributed by atoms with van der Waals surface area (Å²) in [6.45, 7) is 8.86. The van der Waals surface area contributed by atoms with Crippen molar-refractivity contribution in [3.63, 3.8) is 0 Å². The minimum atomic E-state index is -0.527. The molecule has 2 N–H and O–H groups in total. The highest BCUT2D eigenvalue weighted by Gasteiger charge is 2.15. The molecule has 0 aliphatic carbocycles. The zero-order chi connectivity index (χ0) is 21.0. The Morgan fingerprint density at radius 3 is 2.48 bits per heavy atom. The molecule has 0 aliphatic rings. The van der Waals surface area contributed by atoms with Gasteiger partial charge < -0.3 is 19.9 Å². The Balaban J connectivity index is 1.60. The zero-order valence-corrected chi connectivity index (χ0v) is 17.5. The fraction of sp³-hybridized carbons (Fsp3) is 0.391. The monoisotopic (exact) mass is 395 g/mol. The molecule has 2 aromatic carbocycles. The van der Waals surface area contributed by atoms with Crippen molar-refractivity contribution >= 4 is 39.5 Å². The smallest absolute Gasteiger partial charge is 0.407 e. The van der Waals surface area contributed by atoms with E-state index in [1.807, 2.05) is 45.0 Å². The highest BCUT2D eigenvalue weighted by molar-refractivity contribution is 6.09. The van der Waals surface area contributed by atoms with Gasteiger partial charge in [0, 0.05) is 47.0 Å². The standard InChI is InChI=1S/C23H29N3O3/c1-5-26-19-10-7-6-9-17(19)18-15-16(12-13-20(18)26)25-21(27)11-8-14-24-22(28)29-23(2,3)4/h6-7,9-10,12-13,15H,5,8,11,14H2,1-4H3,(H,24,28)(H,25,27). The zero-order valence-electron chi connectivity index (χ0n) is 17.5. The molecule has 1 aromatic heterocycles. The number of aromatic nitrogens is 1. The van der Waals surface area contributed by atoms with Gasteiger partial charge in [-0.3, -0.25) is 4.79 Å². The average Bonchev–Trinajstić information content (AvgIpc) is 2.97. The van der Waals surface area contributed by atoms with Gasteiger partial charge in [0.1, 0.15) is 5.60 Å². The molecular formula is C23H29N3O3. The number of hydrogen-bond donors (Lipinski definition) is 2. The van der Waals surface area contributed by atoms with Gasteiger partial charge >= 0.3 is 6.09 Å². The largest absolute Gasteiger partial charge is 0.444 e. The maximum Gasteiger partial charge on any atom is 0.407 e. The van der Waals surface area contributed by atoms with Crippen LogP contribution in [0.25, 0.3) is 21.8 Å². The Hall–Kier alpha value is -3.02. The number of aryl methyl sites for hydroxylation is 1. The van der Waals surface area contributed by atoms with E-state index in [0.717, 1.165) is 23.1 Å². The molecule has 2 amide bonds. The van der Waals surface area contributed by atoms with E-state index in [-0.39, 0.29) is 5.91 Å². The first kappa shape index (κ1) is 20.7. The van der Waals surface area contributed by atoms with Crippen LogP contribution in [-0.2, 0) is 16.1 Å². The molecule has 0 aliphatic heterocycles. The van der Waals surface area contributed by atoms with Crippen LogP contribution in [0.3, 0.4) is 0 Å². The number of carbonyl (C=O) groups excluding carboxylic acids is 2. The summed E-state index contributed by atoms with van der Waals surface area (Å²) in [5, 5.41) is 7.94. The highest BCUT2D eigenvalue weighted by Crippen LogP contribution is 2.31. The second-order valence-electron chi connectivity index (χ2n) is 8.07. The van der Waals surface area contributed by atoms with Gasteiger partial charge in [-0.1, -0.05) is 18.2 Å². The Labute approximate surface area is 171 Å². The molecule has 1 heterocycles. The first-order chi connectivity index (χ1) is 13.8. The topological polar surface area (TPSA) is 72.4 Å². The molecule has 3 aromatic rings. The van der Waals surface area contributed by atoms with Gasteiger partial charge in [-0.25, -0.2) is 4.79 Å². The van der Waals surface area contributed by atoms with Crippen LogP contribution in [0.1, 0.15) is 40.5 Å². The lowest BCUT2D eigenvalue weighted by Gasteiger charge is -2.19. The molecule has 0 saturated carbocycles. The van der Waals surface area contributed by atoms with Crippen LogP contribution in [0.4, 0.5) is 10.5 Å². The maximum atomic E-state index is 12.3. The summed E-state index contributed by atoms with van der Waals surface area (Å²) in [5.74, 6) is -0.0745. The lowest BCUT2D eigenvalue weighted by Crippen LogP contribution is -2.33. The molecule has 0 saturated heterocycles. The Kier molecular flexibility index (Phi) is 6.11. The molecular weight excluding hydrogens is 366 g/mol. The van der Waals surface area contributed by atoms with E-state index in [4.69, 9.17) is 4.74 Å². The number of nitrogens with zero attached hydrogens (tertiary/aromatic N) is 1. The van der Waals surface area contributed by atoms with Crippen LogP contribution in [0.5, 0.6) is 0 Å². The molecule has 6 heteroatoms. The lowest BCUT2D eigenvalue weighted by molar-refractivity contribution is -0.116. The number of alkyl carbamates (subject to hydrolysis) is 1. The second kappa shape index (κ2) is 8.55. The summed E-state index contributed by atoms with van der Waals surface area (Å²) >= 11 is 0. The molecule has 0 radical (unpaired) electrons. The SMILES string of the molecule is CCn1c2ccccc2c2cc(NC(=O)CCCNC(=O)OC(C)(C)C)ccc21. The molecule has 0 fully saturated rings. The van der Waals surface area contributed by atoms with Crippen LogP contribution >= 0.6 is 0 Å². The van der Waals surface area contributed by atoms with Gasteiger partial charge in [-0.2, -0.15) is 0 Å². The molecule has 0 spiro atoms. The normalized spacial score (nSPS) is 11.6. The van der Waals surface area contributed by atoms with Crippen molar-refractivity contribution in [3.05, 3.63) is 42.5 Å². The first-order valence-electron chi connectivity index (χ1n) is 10.1. The summed E-state index contributed by atoms with van der Waals surface area (Å²) in [6.07, 6.45) is 0.406. The third-order valence-corrected chi connectivity index (χ3v) is 4.62. The quantitative estimate of drug-likeness (QED) is 0.573. The number of nitrogens with one attached hydrogen (secondary N) is 2. The van der Waals surface area contributed by atoms with Crippen LogP contribution in [0.15, 0.2) is 42.5 Å². The van der Waals surface area contributed by atoms with E-state index in [2.05, 4.69) is 40.3 Å². The number of benzene rings is 2. The number of para-hydroxylation sites is 1. The van der Waals surface area contributed by atoms with E-state index in [1.165, 1.54) is 10.9 Å². The number of anilines is 1. The van der Waals surface area contributed by atoms with E-state index in [1.54, 1.807) is 0 Å². The van der Waals surface area contributed by atoms with E-state index >= 15 is 0 Å². The Morgan fingerprint density at radius 1 is 1.03 bits per heavy atom. The molecule has 6 nitrogen and oxygen atoms in total. The average molecular weight is 396 g/mol. The molecule has 29 heavy (non-hydrogen) atoms. The maximum absolute atomic E-state index is 12.3. The van der Waals surface area contributed by atoms with Gasteiger partial charge in [0.05, 0.1) is 0 Å². The Bertz CT molecular complexity index is 1030. The predicted octanol–water partition coefficient (Wildman–Crippen LogP) is 5.06. The summed E-state index contributed by atoms with van der Waals surface area (Å²) < 4.78 is 7.45. The lowest BCUT2D eigenvalue weighted by atomic mass is 10.1. The van der Waals surface area contributed by atoms with Crippen molar-refractivity contribution in [2.24, 2.45) is 0 Å². The molecule has 154 valence electrons. The summed E-state index contributed by atoms with van der Waals surface area (Å²) in [6, 6.07) is 14.3. The van der Waals surface area contributed by atoms with Crippen molar-refractivity contribution < 1.29 is 14.3 Å². The number of hydrogen-bond acceptors (Lipinski definition) is 3. The second-order valence-corrected chi connectivity index (χ2v) is 8.07. The van der Waals surface area contributed by atoms with E-state index < -0.39 is 11.7 Å². The van der Waals surface area contributed by atoms with Crippen LogP contribution in [-0.4, -0.2) is 28.7 Å². The van der Waals surface area contributed by atoms with Gasteiger partial charge in [-0.15, -0.1) is 0 Å². The molecule has 0 unspecified atom stereocenters. The Morgan fingerprint density at radius 2 is 1.76 bits per heavy atom. The third-order valence-electron chi connectivity index (χ3n) is 4.62. The number of carbonyl (C=O) groups is 2. The summed E-state index contributed by atoms with van der Waals surface area (Å²) in [4.78, 5) is 23.9. The van der Waals surface area contributed by atoms with Crippen LogP contribution in [0.2, 0.25) is 0 Å². The van der Waals surface area contributed by atoms with Gasteiger partial charge in [-0.05, 0) is 58.4 Å². The summed E-state index contributed by atoms with van der Waals surface area (Å²) in [5.41, 5.74) is 2.61. The van der Waals surface area contributed by atoms with Crippen molar-refractivity contribution in [2.75, 3.05) is 11.9 Å². The fourth-order valence-corrected chi connectivity index (χ4v) is 3.45. The van der Waals surface area contributed by atoms with Crippen molar-refractivity contribution in [1.29, 1.82) is 0 Å². The first-order valence-corrected chi connectivity index (χ1v) is 10.1. The van der Waals surface area contributed by atoms with Crippen molar-refractivity contribution in [3.8, 4) is 0 Å². The van der Waals surface area contributed by atoms with E-state index in [0.29, 0.717) is 19.4 Å². The molecule has 0 bridgehead atoms. The minimum Gasteiger partial charge on any atom is -0.444 e. The summed E-state index contributed by atoms with van der Waals surface area (Å²) in [7, 11) is 0. The van der Waals surface area contributed by atoms with Crippen LogP contribution in [0, 0.1) is 0 Å². The fourth-order valence-electron chi connectivity index (χ4n) is 3.45. The van der Waals surface area contributed by atoms with Crippen LogP contribution < -0.4 is 10.6 Å². The molecule has 3 rings (SSSR count). The minimum absolute atomic E-state index is 0.0745. The van der Waals surface area contributed by atoms with Gasteiger partial charge in [0.25, 0.3) is 0 Å². The number of fused-ring (bicyclic) bond motifs is 3. The number of amides is 2. The highest BCUT2D eigenvalue weighted by atomic mass is 16.6.